The molecule has 2 heterocycles. The minimum Gasteiger partial charge on any atom is -0.322 e. The molecule has 1 unspecified atom stereocenters. The molecular weight excluding hydrogens is 468 g/mol. The number of hydrogen-bond acceptors (Lipinski definition) is 5. The van der Waals surface area contributed by atoms with Gasteiger partial charge < -0.3 is 5.32 Å². The average molecular weight is 488 g/mol. The Labute approximate surface area is 177 Å². The summed E-state index contributed by atoms with van der Waals surface area (Å²) in [5, 5.41) is 3.00. The number of amides is 1. The van der Waals surface area contributed by atoms with Gasteiger partial charge in [0.1, 0.15) is 0 Å². The van der Waals surface area contributed by atoms with E-state index in [2.05, 4.69) is 26.2 Å². The summed E-state index contributed by atoms with van der Waals surface area (Å²) >= 11 is 9.29. The van der Waals surface area contributed by atoms with E-state index in [1.165, 1.54) is 4.31 Å². The summed E-state index contributed by atoms with van der Waals surface area (Å²) in [5.74, 6) is -0.210. The number of sulfonamides is 1. The molecule has 0 radical (unpaired) electrons. The van der Waals surface area contributed by atoms with E-state index in [4.69, 9.17) is 11.6 Å². The molecule has 1 atom stereocenters. The van der Waals surface area contributed by atoms with Gasteiger partial charge in [0.2, 0.25) is 15.9 Å². The van der Waals surface area contributed by atoms with Crippen LogP contribution in [0.2, 0.25) is 5.15 Å². The summed E-state index contributed by atoms with van der Waals surface area (Å²) in [5.41, 5.74) is 0.455. The fraction of sp³-hybridized carbons (Fsp3) is 0.333. The van der Waals surface area contributed by atoms with Crippen molar-refractivity contribution in [2.24, 2.45) is 0 Å². The standard InChI is InChI=1S/C18H20BrClN4O3S/c1-13(18(25)22-16-6-3-7-21-17(16)20)23-8-10-24(11-9-23)28(26,27)15-5-2-4-14(19)12-15/h2-7,12-13H,8-11H2,1H3,(H,22,25). The van der Waals surface area contributed by atoms with Gasteiger partial charge in [0.15, 0.2) is 5.15 Å². The highest BCUT2D eigenvalue weighted by Gasteiger charge is 2.32. The number of aromatic nitrogens is 1. The van der Waals surface area contributed by atoms with Crippen LogP contribution in [-0.4, -0.2) is 60.7 Å². The van der Waals surface area contributed by atoms with Crippen LogP contribution in [0.5, 0.6) is 0 Å². The lowest BCUT2D eigenvalue weighted by molar-refractivity contribution is -0.121. The third-order valence-electron chi connectivity index (χ3n) is 4.65. The minimum absolute atomic E-state index is 0.210. The van der Waals surface area contributed by atoms with Crippen molar-refractivity contribution >= 4 is 49.1 Å². The van der Waals surface area contributed by atoms with Crippen LogP contribution in [0.3, 0.4) is 0 Å². The summed E-state index contributed by atoms with van der Waals surface area (Å²) in [4.78, 5) is 18.7. The summed E-state index contributed by atoms with van der Waals surface area (Å²) in [6.07, 6.45) is 1.55. The van der Waals surface area contributed by atoms with Gasteiger partial charge in [-0.25, -0.2) is 13.4 Å². The molecule has 1 amide bonds. The lowest BCUT2D eigenvalue weighted by Gasteiger charge is -2.36. The van der Waals surface area contributed by atoms with Crippen LogP contribution in [0.15, 0.2) is 52.0 Å². The number of benzene rings is 1. The fourth-order valence-corrected chi connectivity index (χ4v) is 5.18. The number of carbonyl (C=O) groups is 1. The maximum atomic E-state index is 12.8. The summed E-state index contributed by atoms with van der Waals surface area (Å²) in [7, 11) is -3.56. The number of nitrogens with zero attached hydrogens (tertiary/aromatic N) is 3. The molecule has 1 aliphatic rings. The number of pyridine rings is 1. The normalized spacial score (nSPS) is 17.2. The first-order chi connectivity index (χ1) is 13.3. The predicted octanol–water partition coefficient (Wildman–Crippen LogP) is 2.83. The second-order valence-electron chi connectivity index (χ2n) is 6.40. The number of halogens is 2. The Morgan fingerprint density at radius 1 is 1.21 bits per heavy atom. The molecule has 0 spiro atoms. The van der Waals surface area contributed by atoms with Gasteiger partial charge in [0.05, 0.1) is 16.6 Å². The summed E-state index contributed by atoms with van der Waals surface area (Å²) < 4.78 is 27.8. The van der Waals surface area contributed by atoms with Gasteiger partial charge in [-0.3, -0.25) is 9.69 Å². The zero-order valence-corrected chi connectivity index (χ0v) is 18.3. The Kier molecular flexibility index (Phi) is 6.72. The Morgan fingerprint density at radius 3 is 2.57 bits per heavy atom. The van der Waals surface area contributed by atoms with Crippen molar-refractivity contribution in [3.63, 3.8) is 0 Å². The third kappa shape index (κ3) is 4.72. The van der Waals surface area contributed by atoms with Crippen molar-refractivity contribution in [3.8, 4) is 0 Å². The fourth-order valence-electron chi connectivity index (χ4n) is 2.99. The zero-order chi connectivity index (χ0) is 20.3. The molecule has 150 valence electrons. The predicted molar refractivity (Wildman–Crippen MR) is 112 cm³/mol. The van der Waals surface area contributed by atoms with Gasteiger partial charge >= 0.3 is 0 Å². The van der Waals surface area contributed by atoms with E-state index in [-0.39, 0.29) is 16.0 Å². The van der Waals surface area contributed by atoms with Crippen molar-refractivity contribution < 1.29 is 13.2 Å². The average Bonchev–Trinajstić information content (AvgIpc) is 2.69. The van der Waals surface area contributed by atoms with Crippen LogP contribution in [0, 0.1) is 0 Å². The van der Waals surface area contributed by atoms with E-state index in [1.807, 2.05) is 4.90 Å². The Hall–Kier alpha value is -1.52. The second-order valence-corrected chi connectivity index (χ2v) is 9.62. The van der Waals surface area contributed by atoms with Crippen molar-refractivity contribution in [1.82, 2.24) is 14.2 Å². The number of hydrogen-bond donors (Lipinski definition) is 1. The maximum Gasteiger partial charge on any atom is 0.243 e. The Bertz CT molecular complexity index is 965. The van der Waals surface area contributed by atoms with E-state index < -0.39 is 16.1 Å². The molecule has 0 aliphatic carbocycles. The molecule has 10 heteroatoms. The van der Waals surface area contributed by atoms with Crippen LogP contribution in [0.4, 0.5) is 5.69 Å². The lowest BCUT2D eigenvalue weighted by Crippen LogP contribution is -2.53. The Balaban J connectivity index is 1.61. The lowest BCUT2D eigenvalue weighted by atomic mass is 10.2. The van der Waals surface area contributed by atoms with E-state index in [0.717, 1.165) is 0 Å². The number of rotatable bonds is 5. The van der Waals surface area contributed by atoms with Crippen molar-refractivity contribution in [3.05, 3.63) is 52.2 Å². The van der Waals surface area contributed by atoms with Gasteiger partial charge in [-0.15, -0.1) is 0 Å². The maximum absolute atomic E-state index is 12.8. The Morgan fingerprint density at radius 2 is 1.93 bits per heavy atom. The van der Waals surface area contributed by atoms with Gasteiger partial charge in [0.25, 0.3) is 0 Å². The van der Waals surface area contributed by atoms with Gasteiger partial charge in [0, 0.05) is 36.8 Å². The highest BCUT2D eigenvalue weighted by Crippen LogP contribution is 2.22. The first kappa shape index (κ1) is 21.2. The molecule has 7 nitrogen and oxygen atoms in total. The molecule has 1 aromatic heterocycles. The molecule has 1 N–H and O–H groups in total. The summed E-state index contributed by atoms with van der Waals surface area (Å²) in [6, 6.07) is 9.61. The SMILES string of the molecule is CC(C(=O)Nc1cccnc1Cl)N1CCN(S(=O)(=O)c2cccc(Br)c2)CC1. The molecule has 0 saturated carbocycles. The number of anilines is 1. The minimum atomic E-state index is -3.56. The highest BCUT2D eigenvalue weighted by atomic mass is 79.9. The summed E-state index contributed by atoms with van der Waals surface area (Å²) in [6.45, 7) is 3.35. The number of carbonyl (C=O) groups excluding carboxylic acids is 1. The van der Waals surface area contributed by atoms with Crippen molar-refractivity contribution in [1.29, 1.82) is 0 Å². The molecule has 1 aromatic carbocycles. The van der Waals surface area contributed by atoms with E-state index in [0.29, 0.717) is 36.3 Å². The molecule has 0 bridgehead atoms. The van der Waals surface area contributed by atoms with E-state index in [9.17, 15) is 13.2 Å². The van der Waals surface area contributed by atoms with Crippen LogP contribution in [0.25, 0.3) is 0 Å². The highest BCUT2D eigenvalue weighted by molar-refractivity contribution is 9.10. The molecular formula is C18H20BrClN4O3S. The number of nitrogens with one attached hydrogen (secondary N) is 1. The van der Waals surface area contributed by atoms with Gasteiger partial charge in [-0.2, -0.15) is 4.31 Å². The zero-order valence-electron chi connectivity index (χ0n) is 15.2. The first-order valence-electron chi connectivity index (χ1n) is 8.70. The van der Waals surface area contributed by atoms with Gasteiger partial charge in [-0.05, 0) is 37.3 Å². The smallest absolute Gasteiger partial charge is 0.243 e. The molecule has 1 saturated heterocycles. The van der Waals surface area contributed by atoms with Crippen LogP contribution in [-0.2, 0) is 14.8 Å². The molecule has 3 rings (SSSR count). The number of piperazine rings is 1. The van der Waals surface area contributed by atoms with Crippen LogP contribution >= 0.6 is 27.5 Å². The van der Waals surface area contributed by atoms with Crippen LogP contribution < -0.4 is 5.32 Å². The molecule has 28 heavy (non-hydrogen) atoms. The second kappa shape index (κ2) is 8.87. The van der Waals surface area contributed by atoms with E-state index in [1.54, 1.807) is 49.5 Å². The topological polar surface area (TPSA) is 82.6 Å². The largest absolute Gasteiger partial charge is 0.322 e. The first-order valence-corrected chi connectivity index (χ1v) is 11.3. The van der Waals surface area contributed by atoms with Crippen molar-refractivity contribution in [2.45, 2.75) is 17.9 Å². The molecule has 2 aromatic rings. The van der Waals surface area contributed by atoms with Gasteiger partial charge in [-0.1, -0.05) is 33.6 Å². The molecule has 1 fully saturated rings. The molecule has 1 aliphatic heterocycles. The van der Waals surface area contributed by atoms with Crippen molar-refractivity contribution in [2.75, 3.05) is 31.5 Å². The third-order valence-corrected chi connectivity index (χ3v) is 7.34. The monoisotopic (exact) mass is 486 g/mol. The quantitative estimate of drug-likeness (QED) is 0.656. The van der Waals surface area contributed by atoms with Crippen LogP contribution in [0.1, 0.15) is 6.92 Å². The van der Waals surface area contributed by atoms with E-state index >= 15 is 0 Å².